The molecule has 0 N–H and O–H groups in total. The van der Waals surface area contributed by atoms with Crippen LogP contribution in [0.5, 0.6) is 0 Å². The van der Waals surface area contributed by atoms with Crippen molar-refractivity contribution >= 4 is 37.5 Å². The van der Waals surface area contributed by atoms with Gasteiger partial charge in [-0.05, 0) is 57.3 Å². The second-order valence-corrected chi connectivity index (χ2v) is 4.68. The first-order chi connectivity index (χ1) is 6.09. The molecule has 2 rings (SSSR count). The van der Waals surface area contributed by atoms with E-state index in [0.29, 0.717) is 0 Å². The van der Waals surface area contributed by atoms with Crippen LogP contribution in [0.3, 0.4) is 0 Å². The van der Waals surface area contributed by atoms with E-state index in [1.165, 1.54) is 11.3 Å². The number of nitrogens with zero attached hydrogens (tertiary/aromatic N) is 2. The first kappa shape index (κ1) is 9.21. The van der Waals surface area contributed by atoms with E-state index in [1.807, 2.05) is 6.20 Å². The van der Waals surface area contributed by atoms with Gasteiger partial charge in [-0.25, -0.2) is 4.98 Å². The van der Waals surface area contributed by atoms with Crippen molar-refractivity contribution in [2.45, 2.75) is 13.8 Å². The lowest BCUT2D eigenvalue weighted by molar-refractivity contribution is 1.06. The summed E-state index contributed by atoms with van der Waals surface area (Å²) in [6.45, 7) is 4.18. The Morgan fingerprint density at radius 3 is 2.69 bits per heavy atom. The second-order valence-electron chi connectivity index (χ2n) is 3.02. The third kappa shape index (κ3) is 1.42. The van der Waals surface area contributed by atoms with Gasteiger partial charge in [0, 0.05) is 11.9 Å². The van der Waals surface area contributed by atoms with Crippen LogP contribution >= 0.6 is 31.9 Å². The molecule has 2 heterocycles. The summed E-state index contributed by atoms with van der Waals surface area (Å²) >= 11 is 6.86. The van der Waals surface area contributed by atoms with Gasteiger partial charge in [0.2, 0.25) is 0 Å². The van der Waals surface area contributed by atoms with E-state index in [4.69, 9.17) is 0 Å². The Morgan fingerprint density at radius 2 is 2.00 bits per heavy atom. The van der Waals surface area contributed by atoms with Gasteiger partial charge in [-0.15, -0.1) is 0 Å². The molecule has 0 atom stereocenters. The molecule has 0 radical (unpaired) electrons. The van der Waals surface area contributed by atoms with Crippen LogP contribution in [0, 0.1) is 13.8 Å². The average molecular weight is 304 g/mol. The maximum atomic E-state index is 4.35. The van der Waals surface area contributed by atoms with Gasteiger partial charge in [0.05, 0.1) is 4.47 Å². The van der Waals surface area contributed by atoms with Gasteiger partial charge in [0.25, 0.3) is 0 Å². The lowest BCUT2D eigenvalue weighted by Crippen LogP contribution is -1.93. The zero-order chi connectivity index (χ0) is 9.59. The molecule has 2 aromatic rings. The summed E-state index contributed by atoms with van der Waals surface area (Å²) in [5.41, 5.74) is 3.43. The lowest BCUT2D eigenvalue weighted by Gasteiger charge is -2.04. The molecular weight excluding hydrogens is 296 g/mol. The molecule has 0 aliphatic heterocycles. The van der Waals surface area contributed by atoms with Crippen molar-refractivity contribution < 1.29 is 0 Å². The maximum absolute atomic E-state index is 4.35. The van der Waals surface area contributed by atoms with Crippen molar-refractivity contribution in [3.63, 3.8) is 0 Å². The molecule has 0 unspecified atom stereocenters. The number of imidazole rings is 1. The highest BCUT2D eigenvalue weighted by molar-refractivity contribution is 9.11. The zero-order valence-corrected chi connectivity index (χ0v) is 10.5. The van der Waals surface area contributed by atoms with E-state index < -0.39 is 0 Å². The minimum atomic E-state index is 0.863. The molecule has 0 spiro atoms. The second kappa shape index (κ2) is 3.10. The molecule has 0 saturated carbocycles. The lowest BCUT2D eigenvalue weighted by atomic mass is 10.2. The summed E-state index contributed by atoms with van der Waals surface area (Å²) < 4.78 is 3.96. The van der Waals surface area contributed by atoms with Crippen LogP contribution in [0.2, 0.25) is 0 Å². The Hall–Kier alpha value is -0.350. The summed E-state index contributed by atoms with van der Waals surface area (Å²) in [5.74, 6) is 0. The van der Waals surface area contributed by atoms with E-state index in [1.54, 1.807) is 0 Å². The molecule has 0 amide bonds. The highest BCUT2D eigenvalue weighted by atomic mass is 79.9. The van der Waals surface area contributed by atoms with Crippen molar-refractivity contribution in [2.24, 2.45) is 0 Å². The Morgan fingerprint density at radius 1 is 1.31 bits per heavy atom. The SMILES string of the molecule is Cc1cc(Br)c2nc(Br)cn2c1C. The van der Waals surface area contributed by atoms with Crippen LogP contribution < -0.4 is 0 Å². The molecule has 0 bridgehead atoms. The summed E-state index contributed by atoms with van der Waals surface area (Å²) in [7, 11) is 0. The highest BCUT2D eigenvalue weighted by Crippen LogP contribution is 2.23. The number of hydrogen-bond donors (Lipinski definition) is 0. The molecule has 2 aromatic heterocycles. The van der Waals surface area contributed by atoms with Crippen molar-refractivity contribution in [2.75, 3.05) is 0 Å². The van der Waals surface area contributed by atoms with Crippen LogP contribution in [0.4, 0.5) is 0 Å². The summed E-state index contributed by atoms with van der Waals surface area (Å²) in [4.78, 5) is 4.35. The van der Waals surface area contributed by atoms with Crippen molar-refractivity contribution in [1.82, 2.24) is 9.38 Å². The fourth-order valence-corrected chi connectivity index (χ4v) is 2.32. The first-order valence-electron chi connectivity index (χ1n) is 3.90. The molecule has 0 saturated heterocycles. The minimum absolute atomic E-state index is 0.863. The monoisotopic (exact) mass is 302 g/mol. The molecule has 0 aliphatic carbocycles. The predicted molar refractivity (Wildman–Crippen MR) is 60.1 cm³/mol. The van der Waals surface area contributed by atoms with E-state index in [9.17, 15) is 0 Å². The van der Waals surface area contributed by atoms with Gasteiger partial charge in [0.1, 0.15) is 4.60 Å². The van der Waals surface area contributed by atoms with Crippen LogP contribution in [0.15, 0.2) is 21.3 Å². The molecule has 0 fully saturated rings. The third-order valence-electron chi connectivity index (χ3n) is 2.17. The Labute approximate surface area is 93.2 Å². The predicted octanol–water partition coefficient (Wildman–Crippen LogP) is 3.48. The van der Waals surface area contributed by atoms with E-state index >= 15 is 0 Å². The number of aromatic nitrogens is 2. The number of rotatable bonds is 0. The van der Waals surface area contributed by atoms with Gasteiger partial charge >= 0.3 is 0 Å². The quantitative estimate of drug-likeness (QED) is 0.728. The largest absolute Gasteiger partial charge is 0.302 e. The maximum Gasteiger partial charge on any atom is 0.152 e. The van der Waals surface area contributed by atoms with E-state index in [0.717, 1.165) is 14.7 Å². The molecule has 2 nitrogen and oxygen atoms in total. The van der Waals surface area contributed by atoms with Crippen LogP contribution in [0.1, 0.15) is 11.3 Å². The molecule has 0 aliphatic rings. The first-order valence-corrected chi connectivity index (χ1v) is 5.48. The fraction of sp³-hybridized carbons (Fsp3) is 0.222. The summed E-state index contributed by atoms with van der Waals surface area (Å²) in [6, 6.07) is 2.09. The van der Waals surface area contributed by atoms with Gasteiger partial charge in [-0.1, -0.05) is 0 Å². The number of halogens is 2. The van der Waals surface area contributed by atoms with Crippen molar-refractivity contribution in [3.8, 4) is 0 Å². The Bertz CT molecular complexity index is 474. The molecule has 68 valence electrons. The molecule has 4 heteroatoms. The topological polar surface area (TPSA) is 17.3 Å². The van der Waals surface area contributed by atoms with Gasteiger partial charge < -0.3 is 4.40 Å². The third-order valence-corrected chi connectivity index (χ3v) is 3.13. The molecule has 0 aromatic carbocycles. The number of hydrogen-bond acceptors (Lipinski definition) is 1. The van der Waals surface area contributed by atoms with Gasteiger partial charge in [-0.2, -0.15) is 0 Å². The number of fused-ring (bicyclic) bond motifs is 1. The van der Waals surface area contributed by atoms with Crippen molar-refractivity contribution in [1.29, 1.82) is 0 Å². The number of pyridine rings is 1. The van der Waals surface area contributed by atoms with Crippen LogP contribution in [0.25, 0.3) is 5.65 Å². The van der Waals surface area contributed by atoms with Crippen LogP contribution in [-0.4, -0.2) is 9.38 Å². The van der Waals surface area contributed by atoms with Crippen molar-refractivity contribution in [3.05, 3.63) is 32.6 Å². The Kier molecular flexibility index (Phi) is 2.20. The Balaban J connectivity index is 2.95. The standard InChI is InChI=1S/C9H8Br2N2/c1-5-3-7(10)9-12-8(11)4-13(9)6(5)2/h3-4H,1-2H3. The van der Waals surface area contributed by atoms with Crippen LogP contribution in [-0.2, 0) is 0 Å². The minimum Gasteiger partial charge on any atom is -0.302 e. The molecule has 13 heavy (non-hydrogen) atoms. The van der Waals surface area contributed by atoms with Gasteiger partial charge in [-0.3, -0.25) is 0 Å². The zero-order valence-electron chi connectivity index (χ0n) is 7.31. The highest BCUT2D eigenvalue weighted by Gasteiger charge is 2.07. The number of aryl methyl sites for hydroxylation is 2. The van der Waals surface area contributed by atoms with E-state index in [-0.39, 0.29) is 0 Å². The smallest absolute Gasteiger partial charge is 0.152 e. The van der Waals surface area contributed by atoms with E-state index in [2.05, 4.69) is 61.2 Å². The summed E-state index contributed by atoms with van der Waals surface area (Å²) in [5, 5.41) is 0. The summed E-state index contributed by atoms with van der Waals surface area (Å²) in [6.07, 6.45) is 1.97. The average Bonchev–Trinajstić information content (AvgIpc) is 2.44. The normalized spacial score (nSPS) is 11.1. The molecular formula is C9H8Br2N2. The van der Waals surface area contributed by atoms with Gasteiger partial charge in [0.15, 0.2) is 5.65 Å². The fourth-order valence-electron chi connectivity index (χ4n) is 1.32.